The molecule has 0 bridgehead atoms. The van der Waals surface area contributed by atoms with E-state index in [1.54, 1.807) is 11.3 Å². The Hall–Kier alpha value is -1.79. The fourth-order valence-corrected chi connectivity index (χ4v) is 4.39. The molecule has 1 aromatic carbocycles. The number of anilines is 1. The highest BCUT2D eigenvalue weighted by atomic mass is 32.2. The zero-order valence-electron chi connectivity index (χ0n) is 12.9. The fraction of sp³-hybridized carbons (Fsp3) is 0.294. The molecule has 23 heavy (non-hydrogen) atoms. The van der Waals surface area contributed by atoms with Crippen molar-refractivity contribution in [2.75, 3.05) is 5.32 Å². The summed E-state index contributed by atoms with van der Waals surface area (Å²) in [6.45, 7) is 3.77. The molecule has 0 fully saturated rings. The predicted octanol–water partition coefficient (Wildman–Crippen LogP) is 3.67. The summed E-state index contributed by atoms with van der Waals surface area (Å²) in [5.74, 6) is -0.617. The summed E-state index contributed by atoms with van der Waals surface area (Å²) in [6, 6.07) is 11.6. The molecular weight excluding hydrogens is 328 g/mol. The van der Waals surface area contributed by atoms with E-state index in [1.165, 1.54) is 11.8 Å². The van der Waals surface area contributed by atoms with Crippen LogP contribution < -0.4 is 10.6 Å². The number of benzene rings is 1. The highest BCUT2D eigenvalue weighted by Gasteiger charge is 2.35. The number of hydrogen-bond acceptors (Lipinski definition) is 4. The van der Waals surface area contributed by atoms with Crippen LogP contribution in [0.4, 0.5) is 5.69 Å². The van der Waals surface area contributed by atoms with E-state index in [4.69, 9.17) is 0 Å². The predicted molar refractivity (Wildman–Crippen MR) is 94.8 cm³/mol. The third-order valence-electron chi connectivity index (χ3n) is 3.85. The first-order valence-corrected chi connectivity index (χ1v) is 9.22. The molecule has 1 aromatic heterocycles. The van der Waals surface area contributed by atoms with Gasteiger partial charge >= 0.3 is 0 Å². The molecular formula is C17H18N2O2S2. The van der Waals surface area contributed by atoms with Crippen LogP contribution >= 0.6 is 23.1 Å². The SMILES string of the molecule is CC(NC(=O)C(C)C1Sc2ccccc2NC1=O)c1cccs1. The van der Waals surface area contributed by atoms with Crippen LogP contribution in [0.25, 0.3) is 0 Å². The number of carbonyl (C=O) groups excluding carboxylic acids is 2. The third-order valence-corrected chi connectivity index (χ3v) is 6.39. The summed E-state index contributed by atoms with van der Waals surface area (Å²) >= 11 is 3.07. The number of hydrogen-bond donors (Lipinski definition) is 2. The van der Waals surface area contributed by atoms with Crippen LogP contribution in [0.5, 0.6) is 0 Å². The van der Waals surface area contributed by atoms with Gasteiger partial charge in [-0.25, -0.2) is 0 Å². The van der Waals surface area contributed by atoms with E-state index in [1.807, 2.05) is 55.6 Å². The molecule has 2 aromatic rings. The van der Waals surface area contributed by atoms with Gasteiger partial charge in [0.1, 0.15) is 0 Å². The van der Waals surface area contributed by atoms with Gasteiger partial charge in [-0.3, -0.25) is 9.59 Å². The highest BCUT2D eigenvalue weighted by molar-refractivity contribution is 8.01. The van der Waals surface area contributed by atoms with Gasteiger partial charge in [0.2, 0.25) is 11.8 Å². The van der Waals surface area contributed by atoms with E-state index in [2.05, 4.69) is 10.6 Å². The third kappa shape index (κ3) is 3.43. The molecule has 0 spiro atoms. The second-order valence-electron chi connectivity index (χ2n) is 5.56. The first-order valence-electron chi connectivity index (χ1n) is 7.46. The maximum Gasteiger partial charge on any atom is 0.238 e. The van der Waals surface area contributed by atoms with Crippen molar-refractivity contribution in [3.63, 3.8) is 0 Å². The standard InChI is InChI=1S/C17H18N2O2S2/c1-10(16(20)18-11(2)13-8-5-9-22-13)15-17(21)19-12-6-3-4-7-14(12)23-15/h3-11,15H,1-2H3,(H,18,20)(H,19,21). The maximum absolute atomic E-state index is 12.5. The molecule has 6 heteroatoms. The van der Waals surface area contributed by atoms with Gasteiger partial charge in [0, 0.05) is 9.77 Å². The molecule has 2 heterocycles. The number of carbonyl (C=O) groups is 2. The summed E-state index contributed by atoms with van der Waals surface area (Å²) in [6.07, 6.45) is 0. The van der Waals surface area contributed by atoms with Crippen molar-refractivity contribution in [2.24, 2.45) is 5.92 Å². The molecule has 2 N–H and O–H groups in total. The summed E-state index contributed by atoms with van der Waals surface area (Å²) in [7, 11) is 0. The van der Waals surface area contributed by atoms with Gasteiger partial charge in [0.05, 0.1) is 22.9 Å². The highest BCUT2D eigenvalue weighted by Crippen LogP contribution is 2.38. The van der Waals surface area contributed by atoms with Crippen molar-refractivity contribution in [2.45, 2.75) is 30.0 Å². The van der Waals surface area contributed by atoms with Gasteiger partial charge in [-0.15, -0.1) is 23.1 Å². The van der Waals surface area contributed by atoms with Crippen LogP contribution in [-0.4, -0.2) is 17.1 Å². The molecule has 1 aliphatic heterocycles. The Bertz CT molecular complexity index is 715. The lowest BCUT2D eigenvalue weighted by atomic mass is 10.0. The van der Waals surface area contributed by atoms with Crippen molar-refractivity contribution in [1.29, 1.82) is 0 Å². The summed E-state index contributed by atoms with van der Waals surface area (Å²) < 4.78 is 0. The van der Waals surface area contributed by atoms with Gasteiger partial charge in [-0.1, -0.05) is 25.1 Å². The molecule has 2 amide bonds. The number of amides is 2. The van der Waals surface area contributed by atoms with Gasteiger partial charge in [0.25, 0.3) is 0 Å². The first kappa shape index (κ1) is 16.1. The zero-order valence-corrected chi connectivity index (χ0v) is 14.5. The van der Waals surface area contributed by atoms with Crippen LogP contribution in [0, 0.1) is 5.92 Å². The number of thiophene rings is 1. The van der Waals surface area contributed by atoms with E-state index in [-0.39, 0.29) is 17.9 Å². The number of thioether (sulfide) groups is 1. The molecule has 3 unspecified atom stereocenters. The smallest absolute Gasteiger partial charge is 0.238 e. The molecule has 4 nitrogen and oxygen atoms in total. The van der Waals surface area contributed by atoms with E-state index in [9.17, 15) is 9.59 Å². The summed E-state index contributed by atoms with van der Waals surface area (Å²) in [5.41, 5.74) is 0.818. The quantitative estimate of drug-likeness (QED) is 0.888. The zero-order chi connectivity index (χ0) is 16.4. The van der Waals surface area contributed by atoms with Crippen LogP contribution in [0.2, 0.25) is 0 Å². The minimum absolute atomic E-state index is 0.0473. The largest absolute Gasteiger partial charge is 0.348 e. The van der Waals surface area contributed by atoms with Crippen LogP contribution in [-0.2, 0) is 9.59 Å². The van der Waals surface area contributed by atoms with Crippen LogP contribution in [0.1, 0.15) is 24.8 Å². The molecule has 120 valence electrons. The normalized spacial score (nSPS) is 19.4. The van der Waals surface area contributed by atoms with Crippen molar-refractivity contribution in [3.05, 3.63) is 46.7 Å². The minimum atomic E-state index is -0.416. The van der Waals surface area contributed by atoms with Gasteiger partial charge in [-0.2, -0.15) is 0 Å². The summed E-state index contributed by atoms with van der Waals surface area (Å²) in [5, 5.41) is 7.46. The molecule has 0 saturated heterocycles. The molecule has 0 radical (unpaired) electrons. The lowest BCUT2D eigenvalue weighted by Crippen LogP contribution is -2.42. The fourth-order valence-electron chi connectivity index (χ4n) is 2.49. The Kier molecular flexibility index (Phi) is 4.73. The van der Waals surface area contributed by atoms with E-state index in [0.29, 0.717) is 0 Å². The number of fused-ring (bicyclic) bond motifs is 1. The van der Waals surface area contributed by atoms with E-state index < -0.39 is 11.2 Å². The Balaban J connectivity index is 1.69. The van der Waals surface area contributed by atoms with E-state index in [0.717, 1.165) is 15.5 Å². The second-order valence-corrected chi connectivity index (χ2v) is 7.72. The average Bonchev–Trinajstić information content (AvgIpc) is 3.08. The van der Waals surface area contributed by atoms with Gasteiger partial charge < -0.3 is 10.6 Å². The molecule has 1 aliphatic rings. The van der Waals surface area contributed by atoms with Crippen molar-refractivity contribution in [3.8, 4) is 0 Å². The monoisotopic (exact) mass is 346 g/mol. The van der Waals surface area contributed by atoms with Crippen LogP contribution in [0.15, 0.2) is 46.7 Å². The van der Waals surface area contributed by atoms with Crippen molar-refractivity contribution in [1.82, 2.24) is 5.32 Å². The minimum Gasteiger partial charge on any atom is -0.348 e. The number of rotatable bonds is 4. The Morgan fingerprint density at radius 1 is 1.22 bits per heavy atom. The van der Waals surface area contributed by atoms with Crippen LogP contribution in [0.3, 0.4) is 0 Å². The lowest BCUT2D eigenvalue weighted by Gasteiger charge is -2.28. The van der Waals surface area contributed by atoms with Crippen molar-refractivity contribution < 1.29 is 9.59 Å². The number of para-hydroxylation sites is 1. The average molecular weight is 346 g/mol. The topological polar surface area (TPSA) is 58.2 Å². The number of nitrogens with one attached hydrogen (secondary N) is 2. The van der Waals surface area contributed by atoms with Gasteiger partial charge in [0.15, 0.2) is 0 Å². The Morgan fingerprint density at radius 2 is 2.00 bits per heavy atom. The maximum atomic E-state index is 12.5. The lowest BCUT2D eigenvalue weighted by molar-refractivity contribution is -0.128. The summed E-state index contributed by atoms with van der Waals surface area (Å²) in [4.78, 5) is 26.9. The Morgan fingerprint density at radius 3 is 2.74 bits per heavy atom. The Labute approximate surface area is 143 Å². The molecule has 0 aliphatic carbocycles. The first-order chi connectivity index (χ1) is 11.1. The second kappa shape index (κ2) is 6.76. The molecule has 3 rings (SSSR count). The molecule has 0 saturated carbocycles. The van der Waals surface area contributed by atoms with E-state index >= 15 is 0 Å². The van der Waals surface area contributed by atoms with Gasteiger partial charge in [-0.05, 0) is 30.5 Å². The van der Waals surface area contributed by atoms with Crippen molar-refractivity contribution >= 4 is 40.6 Å². The molecule has 3 atom stereocenters.